The van der Waals surface area contributed by atoms with E-state index in [1.165, 1.54) is 6.26 Å². The lowest BCUT2D eigenvalue weighted by atomic mass is 10.3. The highest BCUT2D eigenvalue weighted by molar-refractivity contribution is 5.85. The highest BCUT2D eigenvalue weighted by Gasteiger charge is 2.19. The Morgan fingerprint density at radius 2 is 2.31 bits per heavy atom. The molecule has 2 aromatic rings. The van der Waals surface area contributed by atoms with Gasteiger partial charge in [0.2, 0.25) is 0 Å². The average Bonchev–Trinajstić information content (AvgIpc) is 2.86. The van der Waals surface area contributed by atoms with E-state index in [4.69, 9.17) is 13.8 Å². The molecule has 0 atom stereocenters. The largest absolute Gasteiger partial charge is 0.460 e. The van der Waals surface area contributed by atoms with E-state index in [-0.39, 0.29) is 18.3 Å². The van der Waals surface area contributed by atoms with Crippen molar-refractivity contribution in [3.63, 3.8) is 0 Å². The van der Waals surface area contributed by atoms with Gasteiger partial charge < -0.3 is 13.8 Å². The maximum absolute atomic E-state index is 11.3. The average molecular weight is 223 g/mol. The molecule has 7 heteroatoms. The molecule has 0 radical (unpaired) electrons. The van der Waals surface area contributed by atoms with Gasteiger partial charge in [0, 0.05) is 5.56 Å². The molecule has 84 valence electrons. The molecule has 2 heterocycles. The fraction of sp³-hybridized carbons (Fsp3) is 0.333. The zero-order chi connectivity index (χ0) is 11.5. The van der Waals surface area contributed by atoms with Gasteiger partial charge in [-0.05, 0) is 19.0 Å². The topological polar surface area (TPSA) is 91.2 Å². The Hall–Kier alpha value is -2.18. The van der Waals surface area contributed by atoms with Crippen LogP contribution >= 0.6 is 0 Å². The van der Waals surface area contributed by atoms with Gasteiger partial charge in [0.15, 0.2) is 5.69 Å². The number of carbonyl (C=O) groups is 1. The molecule has 16 heavy (non-hydrogen) atoms. The van der Waals surface area contributed by atoms with Crippen LogP contribution in [-0.4, -0.2) is 27.9 Å². The molecular weight excluding hydrogens is 214 g/mol. The molecule has 0 aliphatic rings. The molecule has 0 bridgehead atoms. The molecule has 0 saturated carbocycles. The zero-order valence-corrected chi connectivity index (χ0v) is 8.76. The first-order valence-corrected chi connectivity index (χ1v) is 4.64. The van der Waals surface area contributed by atoms with Gasteiger partial charge in [-0.25, -0.2) is 4.79 Å². The van der Waals surface area contributed by atoms with E-state index in [0.717, 1.165) is 5.56 Å². The Kier molecular flexibility index (Phi) is 2.67. The maximum Gasteiger partial charge on any atom is 0.379 e. The van der Waals surface area contributed by atoms with E-state index < -0.39 is 5.97 Å². The van der Waals surface area contributed by atoms with Crippen LogP contribution in [-0.2, 0) is 4.74 Å². The molecule has 0 unspecified atom stereocenters. The van der Waals surface area contributed by atoms with Gasteiger partial charge in [-0.1, -0.05) is 5.16 Å². The van der Waals surface area contributed by atoms with Crippen molar-refractivity contribution in [3.8, 4) is 11.6 Å². The van der Waals surface area contributed by atoms with Crippen LogP contribution in [0.3, 0.4) is 0 Å². The van der Waals surface area contributed by atoms with Crippen molar-refractivity contribution in [2.24, 2.45) is 0 Å². The molecule has 0 saturated heterocycles. The molecule has 2 rings (SSSR count). The summed E-state index contributed by atoms with van der Waals surface area (Å²) in [6.45, 7) is 3.73. The number of ether oxygens (including phenoxy) is 1. The molecule has 0 N–H and O–H groups in total. The van der Waals surface area contributed by atoms with Crippen molar-refractivity contribution >= 4 is 5.97 Å². The molecule has 0 spiro atoms. The van der Waals surface area contributed by atoms with Crippen molar-refractivity contribution in [1.82, 2.24) is 15.3 Å². The predicted octanol–water partition coefficient (Wildman–Crippen LogP) is 1.21. The summed E-state index contributed by atoms with van der Waals surface area (Å²) < 4.78 is 14.3. The number of hydrogen-bond acceptors (Lipinski definition) is 7. The summed E-state index contributed by atoms with van der Waals surface area (Å²) in [5.41, 5.74) is 1.17. The Morgan fingerprint density at radius 1 is 1.50 bits per heavy atom. The summed E-state index contributed by atoms with van der Waals surface area (Å²) in [7, 11) is 0. The monoisotopic (exact) mass is 223 g/mol. The van der Waals surface area contributed by atoms with Gasteiger partial charge in [0.25, 0.3) is 11.7 Å². The third-order valence-corrected chi connectivity index (χ3v) is 1.83. The van der Waals surface area contributed by atoms with Crippen LogP contribution in [0.5, 0.6) is 0 Å². The summed E-state index contributed by atoms with van der Waals surface area (Å²) in [5.74, 6) is -0.618. The zero-order valence-electron chi connectivity index (χ0n) is 8.76. The van der Waals surface area contributed by atoms with Crippen molar-refractivity contribution < 1.29 is 18.6 Å². The van der Waals surface area contributed by atoms with Crippen LogP contribution in [0.4, 0.5) is 0 Å². The van der Waals surface area contributed by atoms with E-state index in [0.29, 0.717) is 5.69 Å². The lowest BCUT2D eigenvalue weighted by Crippen LogP contribution is -2.06. The lowest BCUT2D eigenvalue weighted by Gasteiger charge is -1.93. The molecule has 0 aliphatic carbocycles. The van der Waals surface area contributed by atoms with Crippen molar-refractivity contribution in [2.75, 3.05) is 6.61 Å². The number of carbonyl (C=O) groups excluding carboxylic acids is 1. The summed E-state index contributed by atoms with van der Waals surface area (Å²) in [5, 5.41) is 7.17. The van der Waals surface area contributed by atoms with Crippen LogP contribution in [0.15, 0.2) is 15.3 Å². The second kappa shape index (κ2) is 4.13. The summed E-state index contributed by atoms with van der Waals surface area (Å²) in [4.78, 5) is 15.1. The Bertz CT molecular complexity index is 502. The number of rotatable bonds is 3. The number of aromatic nitrogens is 3. The highest BCUT2D eigenvalue weighted by Crippen LogP contribution is 2.19. The number of aryl methyl sites for hydroxylation is 1. The first kappa shape index (κ1) is 10.3. The third-order valence-electron chi connectivity index (χ3n) is 1.83. The first-order valence-electron chi connectivity index (χ1n) is 4.64. The predicted molar refractivity (Wildman–Crippen MR) is 50.5 cm³/mol. The van der Waals surface area contributed by atoms with Crippen LogP contribution < -0.4 is 0 Å². The molecular formula is C9H9N3O4. The molecule has 0 aliphatic heterocycles. The smallest absolute Gasteiger partial charge is 0.379 e. The summed E-state index contributed by atoms with van der Waals surface area (Å²) >= 11 is 0. The second-order valence-electron chi connectivity index (χ2n) is 2.99. The normalized spacial score (nSPS) is 10.4. The Balaban J connectivity index is 2.26. The second-order valence-corrected chi connectivity index (χ2v) is 2.99. The van der Waals surface area contributed by atoms with Crippen LogP contribution in [0.25, 0.3) is 11.6 Å². The summed E-state index contributed by atoms with van der Waals surface area (Å²) in [6.07, 6.45) is 1.45. The summed E-state index contributed by atoms with van der Waals surface area (Å²) in [6, 6.07) is 0. The number of nitrogens with zero attached hydrogens (tertiary/aromatic N) is 3. The molecule has 2 aromatic heterocycles. The van der Waals surface area contributed by atoms with E-state index >= 15 is 0 Å². The van der Waals surface area contributed by atoms with Gasteiger partial charge in [-0.2, -0.15) is 4.98 Å². The van der Waals surface area contributed by atoms with Gasteiger partial charge in [-0.15, -0.1) is 0 Å². The van der Waals surface area contributed by atoms with Crippen molar-refractivity contribution in [2.45, 2.75) is 13.8 Å². The maximum atomic E-state index is 11.3. The van der Waals surface area contributed by atoms with Gasteiger partial charge in [0.05, 0.1) is 6.61 Å². The van der Waals surface area contributed by atoms with Crippen LogP contribution in [0.1, 0.15) is 23.1 Å². The van der Waals surface area contributed by atoms with Crippen molar-refractivity contribution in [1.29, 1.82) is 0 Å². The molecule has 7 nitrogen and oxygen atoms in total. The minimum atomic E-state index is -0.626. The SMILES string of the molecule is CCOC(=O)c1noc(-c2nocc2C)n1. The van der Waals surface area contributed by atoms with E-state index in [1.54, 1.807) is 13.8 Å². The Labute approximate surface area is 90.4 Å². The van der Waals surface area contributed by atoms with Crippen molar-refractivity contribution in [3.05, 3.63) is 17.7 Å². The minimum absolute atomic E-state index is 0.126. The molecule has 0 amide bonds. The highest BCUT2D eigenvalue weighted by atomic mass is 16.5. The lowest BCUT2D eigenvalue weighted by molar-refractivity contribution is 0.0508. The van der Waals surface area contributed by atoms with Crippen LogP contribution in [0.2, 0.25) is 0 Å². The number of hydrogen-bond donors (Lipinski definition) is 0. The van der Waals surface area contributed by atoms with E-state index in [2.05, 4.69) is 15.3 Å². The standard InChI is InChI=1S/C9H9N3O4/c1-3-14-9(13)7-10-8(16-12-7)6-5(2)4-15-11-6/h4H,3H2,1-2H3. The van der Waals surface area contributed by atoms with Gasteiger partial charge >= 0.3 is 5.97 Å². The van der Waals surface area contributed by atoms with Gasteiger partial charge in [0.1, 0.15) is 6.26 Å². The van der Waals surface area contributed by atoms with Gasteiger partial charge in [-0.3, -0.25) is 0 Å². The Morgan fingerprint density at radius 3 is 2.94 bits per heavy atom. The minimum Gasteiger partial charge on any atom is -0.460 e. The van der Waals surface area contributed by atoms with E-state index in [1.807, 2.05) is 0 Å². The van der Waals surface area contributed by atoms with Crippen LogP contribution in [0, 0.1) is 6.92 Å². The van der Waals surface area contributed by atoms with E-state index in [9.17, 15) is 4.79 Å². The first-order chi connectivity index (χ1) is 7.72. The molecule has 0 aromatic carbocycles. The quantitative estimate of drug-likeness (QED) is 0.722. The third kappa shape index (κ3) is 1.79. The molecule has 0 fully saturated rings. The fourth-order valence-electron chi connectivity index (χ4n) is 1.09. The fourth-order valence-corrected chi connectivity index (χ4v) is 1.09. The number of esters is 1.